The zero-order valence-electron chi connectivity index (χ0n) is 11.8. The first-order valence-corrected chi connectivity index (χ1v) is 7.84. The predicted octanol–water partition coefficient (Wildman–Crippen LogP) is 1.76. The summed E-state index contributed by atoms with van der Waals surface area (Å²) in [6, 6.07) is 1.87. The zero-order valence-corrected chi connectivity index (χ0v) is 13.4. The maximum absolute atomic E-state index is 12.4. The molecular weight excluding hydrogens is 322 g/mol. The van der Waals surface area contributed by atoms with E-state index in [1.807, 2.05) is 28.8 Å². The second kappa shape index (κ2) is 7.24. The Kier molecular flexibility index (Phi) is 5.63. The lowest BCUT2D eigenvalue weighted by atomic mass is 10.1. The van der Waals surface area contributed by atoms with Gasteiger partial charge in [0.15, 0.2) is 0 Å². The average molecular weight is 344 g/mol. The van der Waals surface area contributed by atoms with Crippen LogP contribution in [0, 0.1) is 0 Å². The van der Waals surface area contributed by atoms with Crippen LogP contribution in [0.3, 0.4) is 0 Å². The van der Waals surface area contributed by atoms with Crippen LogP contribution < -0.4 is 5.73 Å². The number of carbonyl (C=O) groups excluding carboxylic acids is 1. The molecule has 20 heavy (non-hydrogen) atoms. The molecule has 6 heteroatoms. The van der Waals surface area contributed by atoms with Crippen molar-refractivity contribution in [2.75, 3.05) is 26.2 Å². The molecule has 1 amide bonds. The number of amides is 1. The van der Waals surface area contributed by atoms with Crippen LogP contribution in [0.2, 0.25) is 0 Å². The minimum absolute atomic E-state index is 0.0959. The van der Waals surface area contributed by atoms with Crippen molar-refractivity contribution in [1.82, 2.24) is 9.47 Å². The van der Waals surface area contributed by atoms with Crippen molar-refractivity contribution < 1.29 is 9.53 Å². The van der Waals surface area contributed by atoms with Crippen LogP contribution in [0.5, 0.6) is 0 Å². The molecule has 2 N–H and O–H groups in total. The Labute approximate surface area is 128 Å². The summed E-state index contributed by atoms with van der Waals surface area (Å²) in [5.41, 5.74) is 6.17. The molecule has 0 spiro atoms. The van der Waals surface area contributed by atoms with E-state index in [2.05, 4.69) is 15.9 Å². The Bertz CT molecular complexity index is 453. The molecular formula is C14H22BrN3O2. The fourth-order valence-electron chi connectivity index (χ4n) is 2.46. The highest BCUT2D eigenvalue weighted by Gasteiger charge is 2.25. The molecule has 2 rings (SSSR count). The number of piperidine rings is 1. The molecule has 0 bridgehead atoms. The van der Waals surface area contributed by atoms with Gasteiger partial charge in [0.25, 0.3) is 5.91 Å². The summed E-state index contributed by atoms with van der Waals surface area (Å²) in [4.78, 5) is 14.3. The van der Waals surface area contributed by atoms with Gasteiger partial charge in [0, 0.05) is 37.4 Å². The predicted molar refractivity (Wildman–Crippen MR) is 81.7 cm³/mol. The molecule has 1 aromatic rings. The highest BCUT2D eigenvalue weighted by atomic mass is 79.9. The number of nitrogens with zero attached hydrogens (tertiary/aromatic N) is 2. The number of halogens is 1. The Morgan fingerprint density at radius 2 is 2.20 bits per heavy atom. The molecule has 0 aliphatic carbocycles. The monoisotopic (exact) mass is 343 g/mol. The van der Waals surface area contributed by atoms with E-state index < -0.39 is 0 Å². The van der Waals surface area contributed by atoms with Crippen molar-refractivity contribution in [2.45, 2.75) is 25.4 Å². The lowest BCUT2D eigenvalue weighted by molar-refractivity contribution is 0.00820. The summed E-state index contributed by atoms with van der Waals surface area (Å²) >= 11 is 3.40. The summed E-state index contributed by atoms with van der Waals surface area (Å²) in [6.07, 6.45) is 4.88. The second-order valence-corrected chi connectivity index (χ2v) is 6.07. The number of carbonyl (C=O) groups is 1. The van der Waals surface area contributed by atoms with Gasteiger partial charge in [0.1, 0.15) is 5.69 Å². The Balaban J connectivity index is 1.84. The maximum atomic E-state index is 12.4. The van der Waals surface area contributed by atoms with Crippen molar-refractivity contribution in [3.8, 4) is 0 Å². The van der Waals surface area contributed by atoms with Crippen molar-refractivity contribution in [3.63, 3.8) is 0 Å². The second-order valence-electron chi connectivity index (χ2n) is 5.16. The molecule has 5 nitrogen and oxygen atoms in total. The minimum atomic E-state index is 0.0959. The SMILES string of the molecule is Cn1cc(Br)cc1C(=O)N1CCC(OCCCN)CC1. The smallest absolute Gasteiger partial charge is 0.270 e. The maximum Gasteiger partial charge on any atom is 0.270 e. The lowest BCUT2D eigenvalue weighted by Crippen LogP contribution is -2.41. The minimum Gasteiger partial charge on any atom is -0.378 e. The van der Waals surface area contributed by atoms with E-state index in [-0.39, 0.29) is 12.0 Å². The van der Waals surface area contributed by atoms with Crippen LogP contribution in [0.25, 0.3) is 0 Å². The molecule has 0 saturated carbocycles. The van der Waals surface area contributed by atoms with E-state index in [4.69, 9.17) is 10.5 Å². The van der Waals surface area contributed by atoms with E-state index in [1.165, 1.54) is 0 Å². The Morgan fingerprint density at radius 3 is 2.75 bits per heavy atom. The number of nitrogens with two attached hydrogens (primary N) is 1. The van der Waals surface area contributed by atoms with Gasteiger partial charge in [-0.3, -0.25) is 4.79 Å². The van der Waals surface area contributed by atoms with E-state index >= 15 is 0 Å². The number of aromatic nitrogens is 1. The van der Waals surface area contributed by atoms with Crippen LogP contribution in [0.15, 0.2) is 16.7 Å². The van der Waals surface area contributed by atoms with Crippen LogP contribution in [0.4, 0.5) is 0 Å². The quantitative estimate of drug-likeness (QED) is 0.828. The standard InChI is InChI=1S/C14H22BrN3O2/c1-17-10-11(15)9-13(17)14(19)18-6-3-12(4-7-18)20-8-2-5-16/h9-10,12H,2-8,16H2,1H3. The van der Waals surface area contributed by atoms with Crippen LogP contribution in [-0.4, -0.2) is 47.7 Å². The molecule has 1 aliphatic heterocycles. The summed E-state index contributed by atoms with van der Waals surface area (Å²) in [5.74, 6) is 0.0959. The zero-order chi connectivity index (χ0) is 14.5. The van der Waals surface area contributed by atoms with Gasteiger partial charge >= 0.3 is 0 Å². The first kappa shape index (κ1) is 15.5. The van der Waals surface area contributed by atoms with Gasteiger partial charge in [-0.25, -0.2) is 0 Å². The van der Waals surface area contributed by atoms with Gasteiger partial charge in [0.2, 0.25) is 0 Å². The normalized spacial score (nSPS) is 16.6. The summed E-state index contributed by atoms with van der Waals surface area (Å²) in [6.45, 7) is 2.91. The summed E-state index contributed by atoms with van der Waals surface area (Å²) in [5, 5.41) is 0. The van der Waals surface area contributed by atoms with Crippen molar-refractivity contribution >= 4 is 21.8 Å². The van der Waals surface area contributed by atoms with Gasteiger partial charge in [-0.1, -0.05) is 0 Å². The number of likely N-dealkylation sites (tertiary alicyclic amines) is 1. The number of hydrogen-bond acceptors (Lipinski definition) is 3. The largest absolute Gasteiger partial charge is 0.378 e. The van der Waals surface area contributed by atoms with Crippen LogP contribution >= 0.6 is 15.9 Å². The number of aryl methyl sites for hydroxylation is 1. The molecule has 1 aliphatic rings. The molecule has 1 aromatic heterocycles. The topological polar surface area (TPSA) is 60.5 Å². The molecule has 0 unspecified atom stereocenters. The molecule has 112 valence electrons. The highest BCUT2D eigenvalue weighted by molar-refractivity contribution is 9.10. The molecule has 2 heterocycles. The third-order valence-corrected chi connectivity index (χ3v) is 4.06. The lowest BCUT2D eigenvalue weighted by Gasteiger charge is -2.32. The first-order chi connectivity index (χ1) is 9.61. The molecule has 0 radical (unpaired) electrons. The molecule has 1 fully saturated rings. The number of hydrogen-bond donors (Lipinski definition) is 1. The van der Waals surface area contributed by atoms with Crippen molar-refractivity contribution in [3.05, 3.63) is 22.4 Å². The summed E-state index contributed by atoms with van der Waals surface area (Å²) in [7, 11) is 1.89. The van der Waals surface area contributed by atoms with Gasteiger partial charge in [-0.05, 0) is 47.8 Å². The average Bonchev–Trinajstić information content (AvgIpc) is 2.78. The van der Waals surface area contributed by atoms with E-state index in [0.717, 1.165) is 49.1 Å². The summed E-state index contributed by atoms with van der Waals surface area (Å²) < 4.78 is 8.55. The number of rotatable bonds is 5. The van der Waals surface area contributed by atoms with Gasteiger partial charge in [0.05, 0.1) is 6.10 Å². The van der Waals surface area contributed by atoms with E-state index in [0.29, 0.717) is 6.54 Å². The fourth-order valence-corrected chi connectivity index (χ4v) is 2.98. The van der Waals surface area contributed by atoms with Gasteiger partial charge < -0.3 is 19.9 Å². The third-order valence-electron chi connectivity index (χ3n) is 3.62. The Hall–Kier alpha value is -0.850. The number of ether oxygens (including phenoxy) is 1. The van der Waals surface area contributed by atoms with Crippen molar-refractivity contribution in [1.29, 1.82) is 0 Å². The Morgan fingerprint density at radius 1 is 1.50 bits per heavy atom. The molecule has 0 aromatic carbocycles. The van der Waals surface area contributed by atoms with Crippen LogP contribution in [0.1, 0.15) is 29.8 Å². The fraction of sp³-hybridized carbons (Fsp3) is 0.643. The third kappa shape index (κ3) is 3.84. The van der Waals surface area contributed by atoms with Gasteiger partial charge in [-0.2, -0.15) is 0 Å². The van der Waals surface area contributed by atoms with Crippen molar-refractivity contribution in [2.24, 2.45) is 12.8 Å². The van der Waals surface area contributed by atoms with E-state index in [9.17, 15) is 4.79 Å². The highest BCUT2D eigenvalue weighted by Crippen LogP contribution is 2.19. The molecule has 0 atom stereocenters. The van der Waals surface area contributed by atoms with E-state index in [1.54, 1.807) is 0 Å². The molecule has 1 saturated heterocycles. The van der Waals surface area contributed by atoms with Crippen LogP contribution in [-0.2, 0) is 11.8 Å². The first-order valence-electron chi connectivity index (χ1n) is 7.04. The van der Waals surface area contributed by atoms with Gasteiger partial charge in [-0.15, -0.1) is 0 Å².